The number of carboxylic acid groups (broad SMARTS) is 1. The molecule has 11 heteroatoms. The lowest BCUT2D eigenvalue weighted by Crippen LogP contribution is -2.62. The Morgan fingerprint density at radius 1 is 1.11 bits per heavy atom. The zero-order chi connectivity index (χ0) is 26.6. The number of nitrogens with zero attached hydrogens (tertiary/aromatic N) is 2. The quantitative estimate of drug-likeness (QED) is 0.404. The van der Waals surface area contributed by atoms with Crippen LogP contribution in [0, 0.1) is 11.8 Å². The molecule has 7 atom stereocenters. The number of alkyl halides is 1. The van der Waals surface area contributed by atoms with E-state index >= 15 is 0 Å². The fraction of sp³-hybridized carbons (Fsp3) is 0.840. The highest BCUT2D eigenvalue weighted by atomic mass is 35.5. The molecule has 0 aromatic heterocycles. The summed E-state index contributed by atoms with van der Waals surface area (Å²) >= 11 is 6.06. The van der Waals surface area contributed by atoms with Crippen LogP contribution < -0.4 is 10.6 Å². The molecule has 3 saturated heterocycles. The van der Waals surface area contributed by atoms with Crippen LogP contribution in [0.4, 0.5) is 0 Å². The monoisotopic (exact) mass is 528 g/mol. The molecule has 0 bridgehead atoms. The van der Waals surface area contributed by atoms with Crippen molar-refractivity contribution in [2.45, 2.75) is 95.6 Å². The maximum atomic E-state index is 13.7. The number of ether oxygens (including phenoxy) is 1. The van der Waals surface area contributed by atoms with E-state index in [1.807, 2.05) is 20.8 Å². The van der Waals surface area contributed by atoms with Crippen molar-refractivity contribution in [1.82, 2.24) is 20.4 Å². The molecule has 3 fully saturated rings. The molecule has 10 nitrogen and oxygen atoms in total. The molecule has 0 saturated carbocycles. The summed E-state index contributed by atoms with van der Waals surface area (Å²) in [4.78, 5) is 55.2. The van der Waals surface area contributed by atoms with Crippen molar-refractivity contribution in [2.75, 3.05) is 26.1 Å². The Balaban J connectivity index is 1.73. The SMILES string of the molecule is COC1CCC(C(=O)NC(C(=O)N2CCCCC2C(=O)N2CC(C)CC2C(=O)O)C(C)C)NC1CCl. The second-order valence-electron chi connectivity index (χ2n) is 10.8. The largest absolute Gasteiger partial charge is 0.480 e. The molecule has 3 N–H and O–H groups in total. The molecule has 0 spiro atoms. The van der Waals surface area contributed by atoms with Crippen LogP contribution in [-0.2, 0) is 23.9 Å². The van der Waals surface area contributed by atoms with Crippen LogP contribution >= 0.6 is 11.6 Å². The van der Waals surface area contributed by atoms with E-state index in [1.165, 1.54) is 4.90 Å². The molecule has 0 aromatic carbocycles. The first-order valence-electron chi connectivity index (χ1n) is 13.1. The number of rotatable bonds is 8. The number of carbonyl (C=O) groups excluding carboxylic acids is 3. The minimum Gasteiger partial charge on any atom is -0.480 e. The Labute approximate surface area is 218 Å². The fourth-order valence-electron chi connectivity index (χ4n) is 5.73. The van der Waals surface area contributed by atoms with E-state index in [2.05, 4.69) is 10.6 Å². The molecule has 36 heavy (non-hydrogen) atoms. The van der Waals surface area contributed by atoms with Crippen LogP contribution in [0.1, 0.15) is 59.3 Å². The normalized spacial score (nSPS) is 31.8. The summed E-state index contributed by atoms with van der Waals surface area (Å²) in [5.74, 6) is -1.70. The van der Waals surface area contributed by atoms with Gasteiger partial charge in [0.25, 0.3) is 0 Å². The molecule has 0 aromatic rings. The lowest BCUT2D eigenvalue weighted by atomic mass is 9.94. The van der Waals surface area contributed by atoms with E-state index in [4.69, 9.17) is 16.3 Å². The van der Waals surface area contributed by atoms with Gasteiger partial charge in [-0.1, -0.05) is 20.8 Å². The third-order valence-corrected chi connectivity index (χ3v) is 8.10. The van der Waals surface area contributed by atoms with Crippen LogP contribution in [0.15, 0.2) is 0 Å². The number of amides is 3. The second kappa shape index (κ2) is 12.6. The molecule has 3 amide bonds. The number of halogens is 1. The third-order valence-electron chi connectivity index (χ3n) is 7.77. The van der Waals surface area contributed by atoms with Crippen molar-refractivity contribution >= 4 is 35.3 Å². The lowest BCUT2D eigenvalue weighted by molar-refractivity contribution is -0.155. The standard InChI is InChI=1S/C25H41ClN4O6/c1-14(2)21(28-22(31)16-8-9-20(36-4)17(12-26)27-16)24(33)29-10-6-5-7-18(29)23(32)30-13-15(3)11-19(30)25(34)35/h14-21,27H,5-13H2,1-4H3,(H,28,31)(H,34,35). The Kier molecular flexibility index (Phi) is 10.00. The highest BCUT2D eigenvalue weighted by molar-refractivity contribution is 6.18. The number of aliphatic carboxylic acids is 1. The smallest absolute Gasteiger partial charge is 0.326 e. The minimum atomic E-state index is -1.01. The number of likely N-dealkylation sites (tertiary alicyclic amines) is 2. The average Bonchev–Trinajstić information content (AvgIpc) is 3.27. The summed E-state index contributed by atoms with van der Waals surface area (Å²) in [6.45, 7) is 6.43. The first-order chi connectivity index (χ1) is 17.1. The van der Waals surface area contributed by atoms with E-state index in [0.29, 0.717) is 44.7 Å². The predicted octanol–water partition coefficient (Wildman–Crippen LogP) is 1.20. The Morgan fingerprint density at radius 3 is 2.44 bits per heavy atom. The summed E-state index contributed by atoms with van der Waals surface area (Å²) < 4.78 is 5.45. The zero-order valence-electron chi connectivity index (χ0n) is 21.7. The number of carbonyl (C=O) groups is 4. The van der Waals surface area contributed by atoms with E-state index in [9.17, 15) is 24.3 Å². The van der Waals surface area contributed by atoms with Crippen LogP contribution in [-0.4, -0.2) is 101 Å². The first-order valence-corrected chi connectivity index (χ1v) is 13.6. The molecule has 204 valence electrons. The Bertz CT molecular complexity index is 826. The van der Waals surface area contributed by atoms with E-state index in [1.54, 1.807) is 12.0 Å². The van der Waals surface area contributed by atoms with Gasteiger partial charge in [-0.15, -0.1) is 11.6 Å². The highest BCUT2D eigenvalue weighted by Gasteiger charge is 2.45. The number of piperidine rings is 2. The van der Waals surface area contributed by atoms with Gasteiger partial charge in [-0.2, -0.15) is 0 Å². The molecule has 3 heterocycles. The first kappa shape index (κ1) is 28.7. The number of hydrogen-bond acceptors (Lipinski definition) is 6. The number of hydrogen-bond donors (Lipinski definition) is 3. The molecule has 0 radical (unpaired) electrons. The molecule has 7 unspecified atom stereocenters. The van der Waals surface area contributed by atoms with Gasteiger partial charge in [0.2, 0.25) is 17.7 Å². The van der Waals surface area contributed by atoms with Crippen LogP contribution in [0.3, 0.4) is 0 Å². The van der Waals surface area contributed by atoms with Gasteiger partial charge in [-0.3, -0.25) is 19.7 Å². The van der Waals surface area contributed by atoms with Gasteiger partial charge in [-0.05, 0) is 50.4 Å². The predicted molar refractivity (Wildman–Crippen MR) is 135 cm³/mol. The van der Waals surface area contributed by atoms with Crippen LogP contribution in [0.25, 0.3) is 0 Å². The van der Waals surface area contributed by atoms with Gasteiger partial charge < -0.3 is 25.0 Å². The molecule has 3 aliphatic rings. The van der Waals surface area contributed by atoms with Crippen molar-refractivity contribution < 1.29 is 29.0 Å². The Morgan fingerprint density at radius 2 is 1.83 bits per heavy atom. The average molecular weight is 529 g/mol. The summed E-state index contributed by atoms with van der Waals surface area (Å²) in [5, 5.41) is 15.8. The van der Waals surface area contributed by atoms with Crippen molar-refractivity contribution in [3.63, 3.8) is 0 Å². The van der Waals surface area contributed by atoms with Gasteiger partial charge in [0, 0.05) is 32.1 Å². The van der Waals surface area contributed by atoms with Gasteiger partial charge in [-0.25, -0.2) is 4.79 Å². The maximum Gasteiger partial charge on any atom is 0.326 e. The molecule has 3 rings (SSSR count). The zero-order valence-corrected chi connectivity index (χ0v) is 22.5. The van der Waals surface area contributed by atoms with Crippen LogP contribution in [0.5, 0.6) is 0 Å². The van der Waals surface area contributed by atoms with Crippen molar-refractivity contribution in [1.29, 1.82) is 0 Å². The van der Waals surface area contributed by atoms with Crippen LogP contribution in [0.2, 0.25) is 0 Å². The highest BCUT2D eigenvalue weighted by Crippen LogP contribution is 2.28. The molecule has 3 aliphatic heterocycles. The van der Waals surface area contributed by atoms with E-state index < -0.39 is 30.1 Å². The van der Waals surface area contributed by atoms with Gasteiger partial charge in [0.05, 0.1) is 12.1 Å². The summed E-state index contributed by atoms with van der Waals surface area (Å²) in [6.07, 6.45) is 3.61. The van der Waals surface area contributed by atoms with Gasteiger partial charge >= 0.3 is 5.97 Å². The molecular formula is C25H41ClN4O6. The maximum absolute atomic E-state index is 13.7. The van der Waals surface area contributed by atoms with Crippen molar-refractivity contribution in [3.05, 3.63) is 0 Å². The number of nitrogens with one attached hydrogen (secondary N) is 2. The lowest BCUT2D eigenvalue weighted by Gasteiger charge is -2.40. The fourth-order valence-corrected chi connectivity index (χ4v) is 6.01. The van der Waals surface area contributed by atoms with E-state index in [0.717, 1.165) is 12.8 Å². The van der Waals surface area contributed by atoms with E-state index in [-0.39, 0.29) is 41.7 Å². The number of methoxy groups -OCH3 is 1. The second-order valence-corrected chi connectivity index (χ2v) is 11.1. The van der Waals surface area contributed by atoms with Gasteiger partial charge in [0.15, 0.2) is 0 Å². The molecule has 0 aliphatic carbocycles. The topological polar surface area (TPSA) is 128 Å². The van der Waals surface area contributed by atoms with Gasteiger partial charge in [0.1, 0.15) is 18.1 Å². The van der Waals surface area contributed by atoms with Crippen molar-refractivity contribution in [2.24, 2.45) is 11.8 Å². The summed E-state index contributed by atoms with van der Waals surface area (Å²) in [7, 11) is 1.62. The summed E-state index contributed by atoms with van der Waals surface area (Å²) in [6, 6.07) is -3.03. The number of carboxylic acids is 1. The molecular weight excluding hydrogens is 488 g/mol. The Hall–Kier alpha value is -1.91. The van der Waals surface area contributed by atoms with Crippen molar-refractivity contribution in [3.8, 4) is 0 Å². The summed E-state index contributed by atoms with van der Waals surface area (Å²) in [5.41, 5.74) is 0. The minimum absolute atomic E-state index is 0.0721. The third kappa shape index (κ3) is 6.31.